The van der Waals surface area contributed by atoms with Gasteiger partial charge in [-0.05, 0) is 24.3 Å². The second kappa shape index (κ2) is 5.41. The summed E-state index contributed by atoms with van der Waals surface area (Å²) in [5.74, 6) is -0.484. The molecule has 0 bridgehead atoms. The molecule has 0 spiro atoms. The molecule has 0 radical (unpaired) electrons. The molecule has 0 saturated carbocycles. The summed E-state index contributed by atoms with van der Waals surface area (Å²) in [4.78, 5) is 9.27. The predicted molar refractivity (Wildman–Crippen MR) is 73.6 cm³/mol. The minimum absolute atomic E-state index is 0.252. The number of pyridine rings is 2. The lowest BCUT2D eigenvalue weighted by atomic mass is 10.4. The first-order valence-electron chi connectivity index (χ1n) is 5.67. The van der Waals surface area contributed by atoms with Crippen LogP contribution in [-0.4, -0.2) is 32.5 Å². The minimum Gasteiger partial charge on any atom is -0.361 e. The van der Waals surface area contributed by atoms with Gasteiger partial charge in [0.25, 0.3) is 10.0 Å². The molecule has 0 aliphatic carbocycles. The Morgan fingerprint density at radius 1 is 1.15 bits per heavy atom. The Morgan fingerprint density at radius 3 is 2.45 bits per heavy atom. The summed E-state index contributed by atoms with van der Waals surface area (Å²) in [7, 11) is -0.655. The average molecular weight is 296 g/mol. The third kappa shape index (κ3) is 2.85. The van der Waals surface area contributed by atoms with Crippen molar-refractivity contribution in [2.45, 2.75) is 5.03 Å². The highest BCUT2D eigenvalue weighted by Crippen LogP contribution is 2.24. The molecule has 6 nitrogen and oxygen atoms in total. The van der Waals surface area contributed by atoms with Crippen LogP contribution in [0.1, 0.15) is 0 Å². The van der Waals surface area contributed by atoms with Crippen LogP contribution in [-0.2, 0) is 10.0 Å². The van der Waals surface area contributed by atoms with Crippen LogP contribution in [0.15, 0.2) is 41.7 Å². The molecule has 2 aromatic heterocycles. The molecule has 0 aromatic carbocycles. The Kier molecular flexibility index (Phi) is 3.84. The summed E-state index contributed by atoms with van der Waals surface area (Å²) in [6, 6.07) is 5.49. The standard InChI is InChI=1S/C12H13FN4O2S/c1-17(2)11-10(6-4-7-14-11)16-20(18,19)12-9(13)5-3-8-15-12/h3-8,16H,1-2H3. The van der Waals surface area contributed by atoms with Crippen molar-refractivity contribution in [1.82, 2.24) is 9.97 Å². The molecule has 2 aromatic rings. The van der Waals surface area contributed by atoms with Gasteiger partial charge in [0, 0.05) is 26.5 Å². The summed E-state index contributed by atoms with van der Waals surface area (Å²) in [6.45, 7) is 0. The van der Waals surface area contributed by atoms with Gasteiger partial charge in [0.05, 0.1) is 5.69 Å². The lowest BCUT2D eigenvalue weighted by Crippen LogP contribution is -2.19. The van der Waals surface area contributed by atoms with Crippen LogP contribution in [0.5, 0.6) is 0 Å². The topological polar surface area (TPSA) is 75.2 Å². The first kappa shape index (κ1) is 14.2. The van der Waals surface area contributed by atoms with E-state index < -0.39 is 20.9 Å². The van der Waals surface area contributed by atoms with Crippen molar-refractivity contribution in [1.29, 1.82) is 0 Å². The Labute approximate surface area is 116 Å². The van der Waals surface area contributed by atoms with E-state index in [9.17, 15) is 12.8 Å². The van der Waals surface area contributed by atoms with Gasteiger partial charge in [-0.2, -0.15) is 8.42 Å². The number of nitrogens with zero attached hydrogens (tertiary/aromatic N) is 3. The predicted octanol–water partition coefficient (Wildman–Crippen LogP) is 1.48. The molecule has 0 aliphatic rings. The van der Waals surface area contributed by atoms with Crippen molar-refractivity contribution in [3.05, 3.63) is 42.5 Å². The van der Waals surface area contributed by atoms with Crippen molar-refractivity contribution >= 4 is 21.5 Å². The van der Waals surface area contributed by atoms with Gasteiger partial charge in [0.1, 0.15) is 0 Å². The van der Waals surface area contributed by atoms with Gasteiger partial charge in [-0.25, -0.2) is 14.4 Å². The first-order valence-corrected chi connectivity index (χ1v) is 7.16. The number of nitrogens with one attached hydrogen (secondary N) is 1. The lowest BCUT2D eigenvalue weighted by molar-refractivity contribution is 0.557. The summed E-state index contributed by atoms with van der Waals surface area (Å²) >= 11 is 0. The Balaban J connectivity index is 2.42. The largest absolute Gasteiger partial charge is 0.361 e. The maximum Gasteiger partial charge on any atom is 0.282 e. The molecule has 106 valence electrons. The molecular weight excluding hydrogens is 283 g/mol. The van der Waals surface area contributed by atoms with Crippen molar-refractivity contribution in [3.63, 3.8) is 0 Å². The highest BCUT2D eigenvalue weighted by Gasteiger charge is 2.22. The van der Waals surface area contributed by atoms with Crippen LogP contribution in [0, 0.1) is 5.82 Å². The van der Waals surface area contributed by atoms with E-state index in [4.69, 9.17) is 0 Å². The highest BCUT2D eigenvalue weighted by atomic mass is 32.2. The fourth-order valence-electron chi connectivity index (χ4n) is 1.60. The zero-order valence-corrected chi connectivity index (χ0v) is 11.7. The smallest absolute Gasteiger partial charge is 0.282 e. The van der Waals surface area contributed by atoms with E-state index in [-0.39, 0.29) is 5.69 Å². The van der Waals surface area contributed by atoms with Crippen LogP contribution in [0.4, 0.5) is 15.9 Å². The fourth-order valence-corrected chi connectivity index (χ4v) is 2.66. The van der Waals surface area contributed by atoms with E-state index in [1.54, 1.807) is 31.1 Å². The van der Waals surface area contributed by atoms with E-state index in [0.717, 1.165) is 6.07 Å². The van der Waals surface area contributed by atoms with Crippen LogP contribution < -0.4 is 9.62 Å². The number of hydrogen-bond donors (Lipinski definition) is 1. The van der Waals surface area contributed by atoms with Gasteiger partial charge in [0.2, 0.25) is 5.03 Å². The molecule has 0 amide bonds. The number of aromatic nitrogens is 2. The van der Waals surface area contributed by atoms with E-state index >= 15 is 0 Å². The van der Waals surface area contributed by atoms with E-state index in [0.29, 0.717) is 5.82 Å². The van der Waals surface area contributed by atoms with Crippen molar-refractivity contribution < 1.29 is 12.8 Å². The number of halogens is 1. The van der Waals surface area contributed by atoms with Gasteiger partial charge >= 0.3 is 0 Å². The zero-order chi connectivity index (χ0) is 14.8. The number of hydrogen-bond acceptors (Lipinski definition) is 5. The second-order valence-electron chi connectivity index (χ2n) is 4.16. The summed E-state index contributed by atoms with van der Waals surface area (Å²) < 4.78 is 40.1. The molecule has 0 fully saturated rings. The molecule has 1 N–H and O–H groups in total. The average Bonchev–Trinajstić information content (AvgIpc) is 2.39. The van der Waals surface area contributed by atoms with Crippen molar-refractivity contribution in [3.8, 4) is 0 Å². The number of rotatable bonds is 4. The number of anilines is 2. The molecule has 0 saturated heterocycles. The third-order valence-electron chi connectivity index (χ3n) is 2.43. The van der Waals surface area contributed by atoms with Crippen LogP contribution in [0.3, 0.4) is 0 Å². The van der Waals surface area contributed by atoms with E-state index in [1.807, 2.05) is 0 Å². The Hall–Kier alpha value is -2.22. The monoisotopic (exact) mass is 296 g/mol. The number of sulfonamides is 1. The molecule has 2 rings (SSSR count). The molecule has 8 heteroatoms. The molecular formula is C12H13FN4O2S. The Bertz CT molecular complexity index is 719. The van der Waals surface area contributed by atoms with E-state index in [1.165, 1.54) is 18.5 Å². The van der Waals surface area contributed by atoms with Gasteiger partial charge < -0.3 is 4.90 Å². The SMILES string of the molecule is CN(C)c1ncccc1NS(=O)(=O)c1ncccc1F. The minimum atomic E-state index is -4.10. The van der Waals surface area contributed by atoms with Crippen molar-refractivity contribution in [2.24, 2.45) is 0 Å². The molecule has 2 heterocycles. The third-order valence-corrected chi connectivity index (χ3v) is 3.73. The van der Waals surface area contributed by atoms with E-state index in [2.05, 4.69) is 14.7 Å². The quantitative estimate of drug-likeness (QED) is 0.925. The maximum absolute atomic E-state index is 13.5. The summed E-state index contributed by atoms with van der Waals surface area (Å²) in [5.41, 5.74) is 0.252. The van der Waals surface area contributed by atoms with Gasteiger partial charge in [-0.15, -0.1) is 0 Å². The van der Waals surface area contributed by atoms with Gasteiger partial charge in [-0.3, -0.25) is 4.72 Å². The zero-order valence-electron chi connectivity index (χ0n) is 10.9. The molecule has 20 heavy (non-hydrogen) atoms. The van der Waals surface area contributed by atoms with Crippen molar-refractivity contribution in [2.75, 3.05) is 23.7 Å². The summed E-state index contributed by atoms with van der Waals surface area (Å²) in [5, 5.41) is -0.645. The Morgan fingerprint density at radius 2 is 1.80 bits per heavy atom. The molecule has 0 atom stereocenters. The fraction of sp³-hybridized carbons (Fsp3) is 0.167. The summed E-state index contributed by atoms with van der Waals surface area (Å²) in [6.07, 6.45) is 2.75. The highest BCUT2D eigenvalue weighted by molar-refractivity contribution is 7.92. The molecule has 0 unspecified atom stereocenters. The van der Waals surface area contributed by atoms with Crippen LogP contribution in [0.2, 0.25) is 0 Å². The lowest BCUT2D eigenvalue weighted by Gasteiger charge is -2.16. The van der Waals surface area contributed by atoms with Crippen LogP contribution >= 0.6 is 0 Å². The second-order valence-corrected chi connectivity index (χ2v) is 5.76. The van der Waals surface area contributed by atoms with Crippen LogP contribution in [0.25, 0.3) is 0 Å². The van der Waals surface area contributed by atoms with Gasteiger partial charge in [0.15, 0.2) is 11.6 Å². The normalized spacial score (nSPS) is 11.2. The molecule has 0 aliphatic heterocycles. The van der Waals surface area contributed by atoms with Gasteiger partial charge in [-0.1, -0.05) is 0 Å². The first-order chi connectivity index (χ1) is 9.42. The maximum atomic E-state index is 13.5.